The predicted octanol–water partition coefficient (Wildman–Crippen LogP) is 1.46. The van der Waals surface area contributed by atoms with Crippen molar-refractivity contribution in [1.29, 1.82) is 0 Å². The molecular weight excluding hydrogens is 256 g/mol. The molecule has 0 aliphatic heterocycles. The van der Waals surface area contributed by atoms with Gasteiger partial charge in [-0.1, -0.05) is 0 Å². The summed E-state index contributed by atoms with van der Waals surface area (Å²) in [5.41, 5.74) is 3.96. The molecule has 0 radical (unpaired) electrons. The zero-order valence-corrected chi connectivity index (χ0v) is 8.81. The highest BCUT2D eigenvalue weighted by Crippen LogP contribution is 2.28. The maximum Gasteiger partial charge on any atom is 0.515 e. The number of ether oxygens (including phenoxy) is 1. The Hall–Kier alpha value is -2.26. The van der Waals surface area contributed by atoms with Crippen LogP contribution in [0.1, 0.15) is 10.4 Å². The number of nitrogens with two attached hydrogens (primary N) is 1. The summed E-state index contributed by atoms with van der Waals surface area (Å²) < 4.78 is 40.2. The Kier molecular flexibility index (Phi) is 3.79. The van der Waals surface area contributed by atoms with E-state index in [2.05, 4.69) is 4.74 Å². The monoisotopic (exact) mass is 263 g/mol. The van der Waals surface area contributed by atoms with Gasteiger partial charge < -0.3 is 23.4 Å². The second-order valence-corrected chi connectivity index (χ2v) is 3.33. The maximum atomic E-state index is 12.0. The van der Waals surface area contributed by atoms with Crippen molar-refractivity contribution < 1.29 is 27.4 Å². The predicted molar refractivity (Wildman–Crippen MR) is 56.2 cm³/mol. The lowest BCUT2D eigenvalue weighted by molar-refractivity contribution is -0.385. The van der Waals surface area contributed by atoms with Crippen LogP contribution in [0.5, 0.6) is 5.75 Å². The van der Waals surface area contributed by atoms with E-state index >= 15 is 0 Å². The van der Waals surface area contributed by atoms with Gasteiger partial charge in [0.2, 0.25) is 5.91 Å². The molecule has 0 spiro atoms. The number of benzene rings is 1. The van der Waals surface area contributed by atoms with Crippen LogP contribution in [-0.4, -0.2) is 24.3 Å². The lowest BCUT2D eigenvalue weighted by Crippen LogP contribution is -2.26. The van der Waals surface area contributed by atoms with Gasteiger partial charge in [-0.15, -0.1) is 0 Å². The third-order valence-corrected chi connectivity index (χ3v) is 1.87. The first kappa shape index (κ1) is 13.8. The summed E-state index contributed by atoms with van der Waals surface area (Å²) in [5.74, 6) is -1.49. The Bertz CT molecular complexity index is 492. The van der Waals surface area contributed by atoms with E-state index in [0.717, 1.165) is 18.2 Å². The van der Waals surface area contributed by atoms with Crippen LogP contribution < -0.4 is 10.5 Å². The third-order valence-electron chi connectivity index (χ3n) is 1.87. The quantitative estimate of drug-likeness (QED) is 0.494. The normalized spacial score (nSPS) is 11.1. The van der Waals surface area contributed by atoms with Gasteiger partial charge in [0.05, 0.1) is 11.4 Å². The van der Waals surface area contributed by atoms with Gasteiger partial charge in [-0.25, -0.2) is 0 Å². The summed E-state index contributed by atoms with van der Waals surface area (Å²) in [6, 6.07) is 2.72. The van der Waals surface area contributed by atoms with Crippen LogP contribution in [-0.2, 0) is 0 Å². The van der Waals surface area contributed by atoms with E-state index in [0.29, 0.717) is 0 Å². The standard InChI is InChI=1S/C8H7BF3N2O4/c10-9(11,12)4-18-7-2-1-5(8(13)15)3-6(7)14(16)17/h1-3H,4H2,(H2,13,15)/q-1. The van der Waals surface area contributed by atoms with E-state index in [1.54, 1.807) is 0 Å². The average molecular weight is 263 g/mol. The van der Waals surface area contributed by atoms with Gasteiger partial charge in [0.1, 0.15) is 0 Å². The zero-order valence-electron chi connectivity index (χ0n) is 8.81. The number of carbonyl (C=O) groups excluding carboxylic acids is 1. The van der Waals surface area contributed by atoms with Gasteiger partial charge in [0, 0.05) is 11.6 Å². The van der Waals surface area contributed by atoms with E-state index < -0.39 is 35.8 Å². The number of nitrogens with zero attached hydrogens (tertiary/aromatic N) is 1. The van der Waals surface area contributed by atoms with Crippen LogP contribution in [0.4, 0.5) is 18.6 Å². The van der Waals surface area contributed by atoms with Crippen LogP contribution in [0.2, 0.25) is 0 Å². The first-order valence-corrected chi connectivity index (χ1v) is 4.63. The van der Waals surface area contributed by atoms with Crippen molar-refractivity contribution >= 4 is 18.6 Å². The highest BCUT2D eigenvalue weighted by Gasteiger charge is 2.26. The van der Waals surface area contributed by atoms with Crippen LogP contribution >= 0.6 is 0 Å². The van der Waals surface area contributed by atoms with Crippen molar-refractivity contribution in [3.05, 3.63) is 33.9 Å². The van der Waals surface area contributed by atoms with Gasteiger partial charge in [-0.2, -0.15) is 0 Å². The van der Waals surface area contributed by atoms with Crippen molar-refractivity contribution in [2.75, 3.05) is 6.51 Å². The van der Waals surface area contributed by atoms with Crippen LogP contribution in [0.25, 0.3) is 0 Å². The molecule has 0 heterocycles. The van der Waals surface area contributed by atoms with E-state index in [1.807, 2.05) is 0 Å². The minimum atomic E-state index is -5.22. The molecule has 0 aliphatic rings. The Labute approximate surface area is 98.7 Å². The SMILES string of the molecule is NC(=O)c1ccc(OC[B-](F)(F)F)c([N+](=O)[O-])c1. The minimum Gasteiger partial charge on any atom is -0.517 e. The number of rotatable bonds is 5. The molecule has 0 unspecified atom stereocenters. The minimum absolute atomic E-state index is 0.188. The first-order chi connectivity index (χ1) is 8.20. The highest BCUT2D eigenvalue weighted by molar-refractivity contribution is 6.58. The fourth-order valence-electron chi connectivity index (χ4n) is 1.12. The van der Waals surface area contributed by atoms with Crippen molar-refractivity contribution in [3.63, 3.8) is 0 Å². The van der Waals surface area contributed by atoms with E-state index in [4.69, 9.17) is 5.73 Å². The highest BCUT2D eigenvalue weighted by atomic mass is 19.4. The summed E-state index contributed by atoms with van der Waals surface area (Å²) in [4.78, 5) is 20.5. The lowest BCUT2D eigenvalue weighted by Gasteiger charge is -2.15. The molecule has 2 N–H and O–H groups in total. The number of carbonyl (C=O) groups is 1. The summed E-state index contributed by atoms with van der Waals surface area (Å²) in [6.45, 7) is -6.82. The Morgan fingerprint density at radius 1 is 1.44 bits per heavy atom. The molecule has 1 amide bonds. The Balaban J connectivity index is 3.05. The number of halogens is 3. The first-order valence-electron chi connectivity index (χ1n) is 4.63. The second kappa shape index (κ2) is 4.94. The molecule has 0 aliphatic carbocycles. The van der Waals surface area contributed by atoms with Gasteiger partial charge in [-0.3, -0.25) is 14.9 Å². The number of nitro groups is 1. The summed E-state index contributed by atoms with van der Waals surface area (Å²) in [7, 11) is 0. The number of primary amides is 1. The summed E-state index contributed by atoms with van der Waals surface area (Å²) >= 11 is 0. The largest absolute Gasteiger partial charge is 0.517 e. The topological polar surface area (TPSA) is 95.5 Å². The van der Waals surface area contributed by atoms with Crippen LogP contribution in [0, 0.1) is 10.1 Å². The average Bonchev–Trinajstić information content (AvgIpc) is 2.24. The number of hydrogen-bond acceptors (Lipinski definition) is 4. The Morgan fingerprint density at radius 2 is 2.06 bits per heavy atom. The van der Waals surface area contributed by atoms with Gasteiger partial charge in [0.15, 0.2) is 5.75 Å². The van der Waals surface area contributed by atoms with Gasteiger partial charge in [0.25, 0.3) is 0 Å². The van der Waals surface area contributed by atoms with Gasteiger partial charge in [-0.05, 0) is 12.1 Å². The van der Waals surface area contributed by atoms with E-state index in [1.165, 1.54) is 0 Å². The molecule has 0 atom stereocenters. The zero-order chi connectivity index (χ0) is 13.9. The molecule has 0 bridgehead atoms. The molecule has 1 aromatic rings. The van der Waals surface area contributed by atoms with Crippen molar-refractivity contribution in [2.45, 2.75) is 0 Å². The molecule has 0 saturated carbocycles. The molecule has 18 heavy (non-hydrogen) atoms. The number of nitro benzene ring substituents is 1. The second-order valence-electron chi connectivity index (χ2n) is 3.33. The van der Waals surface area contributed by atoms with Crippen molar-refractivity contribution in [2.24, 2.45) is 5.73 Å². The number of hydrogen-bond donors (Lipinski definition) is 1. The smallest absolute Gasteiger partial charge is 0.515 e. The van der Waals surface area contributed by atoms with E-state index in [-0.39, 0.29) is 5.56 Å². The molecule has 1 rings (SSSR count). The molecule has 0 aromatic heterocycles. The molecule has 1 aromatic carbocycles. The third kappa shape index (κ3) is 3.65. The maximum absolute atomic E-state index is 12.0. The molecule has 6 nitrogen and oxygen atoms in total. The van der Waals surface area contributed by atoms with Gasteiger partial charge >= 0.3 is 12.7 Å². The molecule has 0 saturated heterocycles. The van der Waals surface area contributed by atoms with Crippen LogP contribution in [0.3, 0.4) is 0 Å². The van der Waals surface area contributed by atoms with Crippen LogP contribution in [0.15, 0.2) is 18.2 Å². The molecule has 98 valence electrons. The van der Waals surface area contributed by atoms with E-state index in [9.17, 15) is 27.9 Å². The summed E-state index contributed by atoms with van der Waals surface area (Å²) in [6.07, 6.45) is 0. The Morgan fingerprint density at radius 3 is 2.50 bits per heavy atom. The number of amides is 1. The molecule has 0 fully saturated rings. The van der Waals surface area contributed by atoms with Crippen molar-refractivity contribution in [1.82, 2.24) is 0 Å². The summed E-state index contributed by atoms with van der Waals surface area (Å²) in [5, 5.41) is 10.6. The van der Waals surface area contributed by atoms with Crippen molar-refractivity contribution in [3.8, 4) is 5.75 Å². The lowest BCUT2D eigenvalue weighted by atomic mass is 9.95. The molecular formula is C8H7BF3N2O4-. The fourth-order valence-corrected chi connectivity index (χ4v) is 1.12. The fraction of sp³-hybridized carbons (Fsp3) is 0.125. The molecule has 10 heteroatoms.